The van der Waals surface area contributed by atoms with Crippen LogP contribution >= 0.6 is 0 Å². The molecule has 0 radical (unpaired) electrons. The Labute approximate surface area is 295 Å². The Hall–Kier alpha value is -6.59. The minimum Gasteiger partial charge on any atom is -0.308 e. The van der Waals surface area contributed by atoms with Crippen LogP contribution in [0.1, 0.15) is 25.0 Å². The van der Waals surface area contributed by atoms with Gasteiger partial charge in [0.25, 0.3) is 0 Å². The highest BCUT2D eigenvalue weighted by Gasteiger charge is 2.21. The lowest BCUT2D eigenvalue weighted by Crippen LogP contribution is -2.12. The van der Waals surface area contributed by atoms with Gasteiger partial charge in [0.1, 0.15) is 0 Å². The number of hydrogen-bond acceptors (Lipinski definition) is 1. The highest BCUT2D eigenvalue weighted by molar-refractivity contribution is 6.29. The number of rotatable bonds is 3. The first-order chi connectivity index (χ1) is 25.3. The van der Waals surface area contributed by atoms with Gasteiger partial charge in [-0.25, -0.2) is 4.99 Å². The molecule has 0 spiro atoms. The predicted molar refractivity (Wildman–Crippen MR) is 218 cm³/mol. The van der Waals surface area contributed by atoms with E-state index in [1.54, 1.807) is 0 Å². The Morgan fingerprint density at radius 3 is 1.96 bits per heavy atom. The lowest BCUT2D eigenvalue weighted by atomic mass is 10.0. The number of aromatic nitrogens is 2. The van der Waals surface area contributed by atoms with Gasteiger partial charge in [0.15, 0.2) is 5.84 Å². The molecular formula is C46H35N5. The third-order valence-corrected chi connectivity index (χ3v) is 9.83. The summed E-state index contributed by atoms with van der Waals surface area (Å²) in [5.41, 5.74) is 7.79. The standard InChI is InChI=1S/C44H29N5.C2H6/c1-45-44(47-43(29-15-6-3-7-16-29)46-27-28-13-4-2-5-14-28)49-38-22-11-9-18-34(38)41-35-26-40-36(25-30(35)23-24-39(41)49)33-20-12-19-32-31-17-8-10-21-37(31)48(40)42(32)33;1-2/h2-26H,1,27H2;1-2H3. The molecule has 7 aromatic carbocycles. The molecule has 0 saturated heterocycles. The Morgan fingerprint density at radius 2 is 1.20 bits per heavy atom. The maximum atomic E-state index is 5.14. The average molecular weight is 658 g/mol. The van der Waals surface area contributed by atoms with Crippen molar-refractivity contribution < 1.29 is 0 Å². The second kappa shape index (κ2) is 12.4. The SMILES string of the molecule is C=NC(=NC(=NCc1ccccc1)c1ccccc1)n1c2ccccc2c2c3cc4c(cc3ccc21)c1cccc2c3ccccc3n4c21.CC. The van der Waals surface area contributed by atoms with Gasteiger partial charge >= 0.3 is 0 Å². The van der Waals surface area contributed by atoms with Crippen LogP contribution in [0.15, 0.2) is 167 Å². The Bertz CT molecular complexity index is 2960. The molecule has 10 rings (SSSR count). The van der Waals surface area contributed by atoms with E-state index in [1.165, 1.54) is 54.3 Å². The van der Waals surface area contributed by atoms with Crippen molar-refractivity contribution >= 4 is 89.2 Å². The lowest BCUT2D eigenvalue weighted by molar-refractivity contribution is 1.06. The fraction of sp³-hybridized carbons (Fsp3) is 0.0652. The van der Waals surface area contributed by atoms with Crippen molar-refractivity contribution in [2.75, 3.05) is 0 Å². The molecule has 244 valence electrons. The fourth-order valence-corrected chi connectivity index (χ4v) is 7.71. The summed E-state index contributed by atoms with van der Waals surface area (Å²) in [6.45, 7) is 8.52. The van der Waals surface area contributed by atoms with Crippen LogP contribution in [0.3, 0.4) is 0 Å². The van der Waals surface area contributed by atoms with Gasteiger partial charge in [0.05, 0.1) is 34.1 Å². The van der Waals surface area contributed by atoms with Crippen LogP contribution in [0.4, 0.5) is 0 Å². The second-order valence-electron chi connectivity index (χ2n) is 12.5. The normalized spacial score (nSPS) is 12.5. The van der Waals surface area contributed by atoms with Crippen molar-refractivity contribution in [3.05, 3.63) is 163 Å². The molecule has 0 aliphatic carbocycles. The van der Waals surface area contributed by atoms with Crippen molar-refractivity contribution in [3.63, 3.8) is 0 Å². The van der Waals surface area contributed by atoms with Crippen LogP contribution in [0.2, 0.25) is 0 Å². The summed E-state index contributed by atoms with van der Waals surface area (Å²) >= 11 is 0. The molecule has 0 aliphatic heterocycles. The van der Waals surface area contributed by atoms with Crippen LogP contribution in [0.5, 0.6) is 0 Å². The third-order valence-electron chi connectivity index (χ3n) is 9.83. The predicted octanol–water partition coefficient (Wildman–Crippen LogP) is 11.7. The molecule has 0 N–H and O–H groups in total. The quantitative estimate of drug-likeness (QED) is 0.134. The van der Waals surface area contributed by atoms with Gasteiger partial charge in [-0.3, -0.25) is 9.56 Å². The molecule has 51 heavy (non-hydrogen) atoms. The number of benzene rings is 7. The van der Waals surface area contributed by atoms with Crippen molar-refractivity contribution in [1.29, 1.82) is 0 Å². The molecule has 10 aromatic rings. The molecule has 0 atom stereocenters. The van der Waals surface area contributed by atoms with Crippen molar-refractivity contribution in [2.24, 2.45) is 15.0 Å². The van der Waals surface area contributed by atoms with E-state index in [0.29, 0.717) is 18.3 Å². The topological polar surface area (TPSA) is 46.4 Å². The maximum Gasteiger partial charge on any atom is 0.236 e. The zero-order chi connectivity index (χ0) is 34.5. The molecule has 0 unspecified atom stereocenters. The summed E-state index contributed by atoms with van der Waals surface area (Å²) in [4.78, 5) is 14.7. The molecular weight excluding hydrogens is 623 g/mol. The summed E-state index contributed by atoms with van der Waals surface area (Å²) in [6.07, 6.45) is 0. The number of nitrogens with zero attached hydrogens (tertiary/aromatic N) is 5. The van der Waals surface area contributed by atoms with E-state index in [2.05, 4.69) is 124 Å². The first-order valence-corrected chi connectivity index (χ1v) is 17.5. The van der Waals surface area contributed by atoms with Crippen molar-refractivity contribution in [2.45, 2.75) is 20.4 Å². The third kappa shape index (κ3) is 4.73. The van der Waals surface area contributed by atoms with Gasteiger partial charge in [-0.05, 0) is 53.4 Å². The Kier molecular flexibility index (Phi) is 7.40. The molecule has 3 heterocycles. The minimum atomic E-state index is 0.480. The van der Waals surface area contributed by atoms with Crippen LogP contribution in [0, 0.1) is 0 Å². The van der Waals surface area contributed by atoms with E-state index >= 15 is 0 Å². The van der Waals surface area contributed by atoms with Gasteiger partial charge in [0, 0.05) is 37.9 Å². The van der Waals surface area contributed by atoms with E-state index < -0.39 is 0 Å². The van der Waals surface area contributed by atoms with Crippen LogP contribution in [-0.2, 0) is 6.54 Å². The van der Waals surface area contributed by atoms with Crippen LogP contribution in [-0.4, -0.2) is 27.5 Å². The van der Waals surface area contributed by atoms with Gasteiger partial charge in [-0.2, -0.15) is 4.99 Å². The molecule has 0 fully saturated rings. The fourth-order valence-electron chi connectivity index (χ4n) is 7.71. The molecule has 5 nitrogen and oxygen atoms in total. The number of fused-ring (bicyclic) bond motifs is 11. The summed E-state index contributed by atoms with van der Waals surface area (Å²) in [5.74, 6) is 1.09. The zero-order valence-corrected chi connectivity index (χ0v) is 28.6. The van der Waals surface area contributed by atoms with E-state index in [9.17, 15) is 0 Å². The molecule has 3 aromatic heterocycles. The van der Waals surface area contributed by atoms with Gasteiger partial charge in [-0.15, -0.1) is 0 Å². The lowest BCUT2D eigenvalue weighted by Gasteiger charge is -2.09. The Balaban J connectivity index is 0.00000171. The highest BCUT2D eigenvalue weighted by Crippen LogP contribution is 2.42. The number of aliphatic imine (C=N–C) groups is 3. The first-order valence-electron chi connectivity index (χ1n) is 17.5. The average Bonchev–Trinajstić information content (AvgIpc) is 3.84. The number of amidine groups is 1. The largest absolute Gasteiger partial charge is 0.308 e. The van der Waals surface area contributed by atoms with E-state index in [0.717, 1.165) is 27.5 Å². The van der Waals surface area contributed by atoms with Crippen molar-refractivity contribution in [1.82, 2.24) is 8.97 Å². The van der Waals surface area contributed by atoms with E-state index in [-0.39, 0.29) is 0 Å². The van der Waals surface area contributed by atoms with E-state index in [4.69, 9.17) is 9.98 Å². The molecule has 5 heteroatoms. The molecule has 0 aliphatic rings. The van der Waals surface area contributed by atoms with E-state index in [1.807, 2.05) is 62.4 Å². The molecule has 0 amide bonds. The van der Waals surface area contributed by atoms with Crippen LogP contribution < -0.4 is 0 Å². The summed E-state index contributed by atoms with van der Waals surface area (Å²) in [6, 6.07) is 53.4. The molecule has 0 saturated carbocycles. The van der Waals surface area contributed by atoms with Gasteiger partial charge in [0.2, 0.25) is 5.96 Å². The minimum absolute atomic E-state index is 0.480. The second-order valence-corrected chi connectivity index (χ2v) is 12.5. The van der Waals surface area contributed by atoms with Gasteiger partial charge < -0.3 is 4.40 Å². The van der Waals surface area contributed by atoms with Crippen molar-refractivity contribution in [3.8, 4) is 0 Å². The summed E-state index contributed by atoms with van der Waals surface area (Å²) in [5, 5.41) is 9.80. The smallest absolute Gasteiger partial charge is 0.236 e. The monoisotopic (exact) mass is 657 g/mol. The Morgan fingerprint density at radius 1 is 0.549 bits per heavy atom. The summed E-state index contributed by atoms with van der Waals surface area (Å²) in [7, 11) is 0. The molecule has 0 bridgehead atoms. The number of para-hydroxylation sites is 3. The highest BCUT2D eigenvalue weighted by atomic mass is 15.2. The van der Waals surface area contributed by atoms with Crippen LogP contribution in [0.25, 0.3) is 70.7 Å². The first kappa shape index (κ1) is 30.5. The summed E-state index contributed by atoms with van der Waals surface area (Å²) < 4.78 is 4.57. The maximum absolute atomic E-state index is 5.14. The van der Waals surface area contributed by atoms with Gasteiger partial charge in [-0.1, -0.05) is 135 Å². The number of hydrogen-bond donors (Lipinski definition) is 0. The zero-order valence-electron chi connectivity index (χ0n) is 28.6.